The Kier molecular flexibility index (Phi) is 3.55. The van der Waals surface area contributed by atoms with Crippen LogP contribution < -0.4 is 5.32 Å². The lowest BCUT2D eigenvalue weighted by Gasteiger charge is -2.08. The molecule has 0 spiro atoms. The van der Waals surface area contributed by atoms with Crippen molar-refractivity contribution in [2.24, 2.45) is 0 Å². The Hall–Kier alpha value is -2.10. The molecule has 0 aliphatic carbocycles. The third-order valence-electron chi connectivity index (χ3n) is 2.67. The monoisotopic (exact) mass is 229 g/mol. The second-order valence-electron chi connectivity index (χ2n) is 3.83. The first-order chi connectivity index (χ1) is 8.33. The van der Waals surface area contributed by atoms with Crippen LogP contribution in [0.4, 0.5) is 5.69 Å². The number of benzene rings is 1. The molecule has 4 heteroatoms. The van der Waals surface area contributed by atoms with Gasteiger partial charge in [-0.1, -0.05) is 19.1 Å². The molecule has 88 valence electrons. The Balaban J connectivity index is 2.18. The average molecular weight is 229 g/mol. The number of hydrogen-bond acceptors (Lipinski definition) is 2. The maximum atomic E-state index is 10.4. The maximum absolute atomic E-state index is 10.4. The fraction of sp³-hybridized carbons (Fsp3) is 0.231. The molecule has 1 amide bonds. The van der Waals surface area contributed by atoms with E-state index in [0.717, 1.165) is 24.2 Å². The molecule has 0 aliphatic heterocycles. The minimum Gasteiger partial charge on any atom is -0.330 e. The molecule has 1 heterocycles. The topological polar surface area (TPSA) is 46.9 Å². The Morgan fingerprint density at radius 1 is 1.47 bits per heavy atom. The van der Waals surface area contributed by atoms with E-state index in [-0.39, 0.29) is 0 Å². The quantitative estimate of drug-likeness (QED) is 0.798. The zero-order valence-corrected chi connectivity index (χ0v) is 9.76. The first-order valence-electron chi connectivity index (χ1n) is 5.61. The van der Waals surface area contributed by atoms with E-state index >= 15 is 0 Å². The van der Waals surface area contributed by atoms with Crippen molar-refractivity contribution in [1.29, 1.82) is 0 Å². The van der Waals surface area contributed by atoms with Crippen LogP contribution in [0.5, 0.6) is 0 Å². The van der Waals surface area contributed by atoms with E-state index in [0.29, 0.717) is 6.41 Å². The number of aryl methyl sites for hydroxylation is 1. The maximum Gasteiger partial charge on any atom is 0.211 e. The van der Waals surface area contributed by atoms with E-state index in [9.17, 15) is 4.79 Å². The van der Waals surface area contributed by atoms with Crippen molar-refractivity contribution in [3.63, 3.8) is 0 Å². The lowest BCUT2D eigenvalue weighted by molar-refractivity contribution is -0.105. The normalized spacial score (nSPS) is 10.2. The van der Waals surface area contributed by atoms with Crippen molar-refractivity contribution < 1.29 is 4.79 Å². The highest BCUT2D eigenvalue weighted by Gasteiger charge is 2.01. The van der Waals surface area contributed by atoms with E-state index in [1.807, 2.05) is 36.8 Å². The third kappa shape index (κ3) is 2.72. The third-order valence-corrected chi connectivity index (χ3v) is 2.67. The summed E-state index contributed by atoms with van der Waals surface area (Å²) in [5.74, 6) is 0. The zero-order chi connectivity index (χ0) is 12.1. The predicted molar refractivity (Wildman–Crippen MR) is 66.8 cm³/mol. The Bertz CT molecular complexity index is 505. The van der Waals surface area contributed by atoms with Gasteiger partial charge in [-0.25, -0.2) is 4.98 Å². The largest absolute Gasteiger partial charge is 0.330 e. The molecule has 0 aliphatic rings. The van der Waals surface area contributed by atoms with Gasteiger partial charge in [0.25, 0.3) is 0 Å². The highest BCUT2D eigenvalue weighted by Crippen LogP contribution is 2.12. The van der Waals surface area contributed by atoms with Gasteiger partial charge in [0.1, 0.15) is 0 Å². The molecule has 4 nitrogen and oxygen atoms in total. The minimum atomic E-state index is 0.688. The van der Waals surface area contributed by atoms with Gasteiger partial charge in [0, 0.05) is 24.1 Å². The van der Waals surface area contributed by atoms with Gasteiger partial charge in [0.05, 0.1) is 6.33 Å². The summed E-state index contributed by atoms with van der Waals surface area (Å²) in [6.07, 6.45) is 5.37. The Morgan fingerprint density at radius 3 is 3.12 bits per heavy atom. The zero-order valence-electron chi connectivity index (χ0n) is 9.76. The van der Waals surface area contributed by atoms with Gasteiger partial charge in [-0.15, -0.1) is 0 Å². The fourth-order valence-electron chi connectivity index (χ4n) is 1.81. The van der Waals surface area contributed by atoms with Gasteiger partial charge in [-0.05, 0) is 24.1 Å². The van der Waals surface area contributed by atoms with Gasteiger partial charge in [0.2, 0.25) is 6.41 Å². The number of anilines is 1. The van der Waals surface area contributed by atoms with Crippen molar-refractivity contribution in [3.8, 4) is 0 Å². The number of hydrogen-bond donors (Lipinski definition) is 1. The second-order valence-corrected chi connectivity index (χ2v) is 3.83. The molecule has 0 saturated carbocycles. The molecule has 0 radical (unpaired) electrons. The van der Waals surface area contributed by atoms with Crippen LogP contribution in [0.2, 0.25) is 0 Å². The highest BCUT2D eigenvalue weighted by atomic mass is 16.1. The van der Waals surface area contributed by atoms with E-state index in [1.165, 1.54) is 5.69 Å². The van der Waals surface area contributed by atoms with Crippen molar-refractivity contribution in [2.45, 2.75) is 19.9 Å². The summed E-state index contributed by atoms with van der Waals surface area (Å²) in [6, 6.07) is 7.81. The van der Waals surface area contributed by atoms with Crippen LogP contribution in [0.15, 0.2) is 36.8 Å². The molecular weight excluding hydrogens is 214 g/mol. The van der Waals surface area contributed by atoms with Crippen LogP contribution in [-0.4, -0.2) is 16.0 Å². The summed E-state index contributed by atoms with van der Waals surface area (Å²) < 4.78 is 2.11. The SMILES string of the molecule is CCc1cncn1Cc1cccc(NC=O)c1. The van der Waals surface area contributed by atoms with Crippen LogP contribution in [-0.2, 0) is 17.8 Å². The summed E-state index contributed by atoms with van der Waals surface area (Å²) >= 11 is 0. The van der Waals surface area contributed by atoms with Crippen LogP contribution >= 0.6 is 0 Å². The molecule has 17 heavy (non-hydrogen) atoms. The smallest absolute Gasteiger partial charge is 0.211 e. The van der Waals surface area contributed by atoms with Crippen molar-refractivity contribution in [1.82, 2.24) is 9.55 Å². The number of carbonyl (C=O) groups excluding carboxylic acids is 1. The molecule has 0 fully saturated rings. The van der Waals surface area contributed by atoms with E-state index < -0.39 is 0 Å². The van der Waals surface area contributed by atoms with Crippen LogP contribution in [0, 0.1) is 0 Å². The van der Waals surface area contributed by atoms with E-state index in [4.69, 9.17) is 0 Å². The molecule has 0 bridgehead atoms. The van der Waals surface area contributed by atoms with Gasteiger partial charge in [-0.3, -0.25) is 4.79 Å². The molecule has 0 saturated heterocycles. The highest BCUT2D eigenvalue weighted by molar-refractivity contribution is 5.71. The number of imidazole rings is 1. The molecule has 0 atom stereocenters. The molecule has 0 unspecified atom stereocenters. The second kappa shape index (κ2) is 5.30. The average Bonchev–Trinajstić information content (AvgIpc) is 2.77. The van der Waals surface area contributed by atoms with Crippen molar-refractivity contribution in [3.05, 3.63) is 48.0 Å². The van der Waals surface area contributed by atoms with Gasteiger partial charge in [0.15, 0.2) is 0 Å². The number of rotatable bonds is 5. The van der Waals surface area contributed by atoms with Crippen LogP contribution in [0.25, 0.3) is 0 Å². The van der Waals surface area contributed by atoms with Crippen LogP contribution in [0.3, 0.4) is 0 Å². The van der Waals surface area contributed by atoms with Crippen LogP contribution in [0.1, 0.15) is 18.2 Å². The number of carbonyl (C=O) groups is 1. The predicted octanol–water partition coefficient (Wildman–Crippen LogP) is 2.06. The number of aromatic nitrogens is 2. The summed E-state index contributed by atoms with van der Waals surface area (Å²) in [6.45, 7) is 2.88. The molecule has 1 aromatic heterocycles. The summed E-state index contributed by atoms with van der Waals surface area (Å²) in [5, 5.41) is 2.65. The first-order valence-corrected chi connectivity index (χ1v) is 5.61. The molecule has 1 aromatic carbocycles. The van der Waals surface area contributed by atoms with Crippen molar-refractivity contribution in [2.75, 3.05) is 5.32 Å². The standard InChI is InChI=1S/C13H15N3O/c1-2-13-7-14-9-16(13)8-11-4-3-5-12(6-11)15-10-17/h3-7,9-10H,2,8H2,1H3,(H,15,17). The Morgan fingerprint density at radius 2 is 2.35 bits per heavy atom. The summed E-state index contributed by atoms with van der Waals surface area (Å²) in [4.78, 5) is 14.5. The summed E-state index contributed by atoms with van der Waals surface area (Å²) in [5.41, 5.74) is 3.17. The van der Waals surface area contributed by atoms with Gasteiger partial charge >= 0.3 is 0 Å². The van der Waals surface area contributed by atoms with E-state index in [1.54, 1.807) is 0 Å². The molecule has 2 rings (SSSR count). The lowest BCUT2D eigenvalue weighted by atomic mass is 10.2. The number of nitrogens with one attached hydrogen (secondary N) is 1. The number of nitrogens with zero attached hydrogens (tertiary/aromatic N) is 2. The van der Waals surface area contributed by atoms with Crippen molar-refractivity contribution >= 4 is 12.1 Å². The van der Waals surface area contributed by atoms with Gasteiger partial charge < -0.3 is 9.88 Å². The molecule has 1 N–H and O–H groups in total. The first kappa shape index (κ1) is 11.4. The number of amides is 1. The fourth-order valence-corrected chi connectivity index (χ4v) is 1.81. The minimum absolute atomic E-state index is 0.688. The van der Waals surface area contributed by atoms with E-state index in [2.05, 4.69) is 21.8 Å². The van der Waals surface area contributed by atoms with Gasteiger partial charge in [-0.2, -0.15) is 0 Å². The Labute approximate surface area is 100 Å². The molecule has 2 aromatic rings. The lowest BCUT2D eigenvalue weighted by Crippen LogP contribution is -2.03. The summed E-state index contributed by atoms with van der Waals surface area (Å²) in [7, 11) is 0. The molecular formula is C13H15N3O.